The number of nitrogens with zero attached hydrogens (tertiary/aromatic N) is 3. The van der Waals surface area contributed by atoms with E-state index in [-0.39, 0.29) is 12.5 Å². The van der Waals surface area contributed by atoms with Gasteiger partial charge in [0, 0.05) is 13.1 Å². The SMILES string of the molecule is CCN(CC)C(=O)CNc1ncnc(NN)c1Br. The molecule has 1 amide bonds. The van der Waals surface area contributed by atoms with Crippen molar-refractivity contribution in [1.29, 1.82) is 0 Å². The van der Waals surface area contributed by atoms with Gasteiger partial charge in [0.15, 0.2) is 5.82 Å². The summed E-state index contributed by atoms with van der Waals surface area (Å²) in [6, 6.07) is 0. The summed E-state index contributed by atoms with van der Waals surface area (Å²) in [7, 11) is 0. The van der Waals surface area contributed by atoms with Gasteiger partial charge in [-0.25, -0.2) is 15.8 Å². The summed E-state index contributed by atoms with van der Waals surface area (Å²) in [6.45, 7) is 5.45. The van der Waals surface area contributed by atoms with E-state index in [1.807, 2.05) is 13.8 Å². The summed E-state index contributed by atoms with van der Waals surface area (Å²) in [5.41, 5.74) is 2.44. The highest BCUT2D eigenvalue weighted by Gasteiger charge is 2.12. The number of carbonyl (C=O) groups excluding carboxylic acids is 1. The molecule has 0 unspecified atom stereocenters. The van der Waals surface area contributed by atoms with Crippen LogP contribution < -0.4 is 16.6 Å². The maximum atomic E-state index is 11.8. The van der Waals surface area contributed by atoms with E-state index < -0.39 is 0 Å². The van der Waals surface area contributed by atoms with Crippen LogP contribution in [0, 0.1) is 0 Å². The van der Waals surface area contributed by atoms with Crippen molar-refractivity contribution in [3.8, 4) is 0 Å². The van der Waals surface area contributed by atoms with E-state index in [2.05, 4.69) is 36.6 Å². The van der Waals surface area contributed by atoms with Crippen LogP contribution in [-0.2, 0) is 4.79 Å². The third-order valence-corrected chi connectivity index (χ3v) is 3.20. The summed E-state index contributed by atoms with van der Waals surface area (Å²) in [4.78, 5) is 21.5. The molecule has 1 rings (SSSR count). The normalized spacial score (nSPS) is 10.0. The number of hydrazine groups is 1. The van der Waals surface area contributed by atoms with Gasteiger partial charge in [-0.05, 0) is 29.8 Å². The number of nitrogens with two attached hydrogens (primary N) is 1. The molecule has 1 aromatic heterocycles. The number of carbonyl (C=O) groups is 1. The van der Waals surface area contributed by atoms with Gasteiger partial charge in [0.05, 0.1) is 6.54 Å². The van der Waals surface area contributed by atoms with E-state index in [1.165, 1.54) is 6.33 Å². The second-order valence-corrected chi connectivity index (χ2v) is 4.24. The smallest absolute Gasteiger partial charge is 0.241 e. The molecule has 0 aliphatic heterocycles. The topological polar surface area (TPSA) is 96.2 Å². The Labute approximate surface area is 114 Å². The molecule has 0 spiro atoms. The Morgan fingerprint density at radius 1 is 1.39 bits per heavy atom. The molecule has 0 aliphatic carbocycles. The zero-order valence-corrected chi connectivity index (χ0v) is 12.0. The molecule has 0 radical (unpaired) electrons. The van der Waals surface area contributed by atoms with Gasteiger partial charge in [-0.3, -0.25) is 4.79 Å². The number of amides is 1. The molecule has 0 saturated carbocycles. The molecule has 1 aromatic rings. The van der Waals surface area contributed by atoms with Gasteiger partial charge in [-0.1, -0.05) is 0 Å². The van der Waals surface area contributed by atoms with E-state index in [1.54, 1.807) is 4.90 Å². The molecule has 0 atom stereocenters. The molecule has 4 N–H and O–H groups in total. The molecule has 0 aliphatic rings. The second kappa shape index (κ2) is 7.12. The molecular formula is C10H17BrN6O. The summed E-state index contributed by atoms with van der Waals surface area (Å²) in [5.74, 6) is 6.30. The number of nitrogen functional groups attached to an aromatic ring is 1. The Morgan fingerprint density at radius 3 is 2.56 bits per heavy atom. The molecule has 0 fully saturated rings. The Balaban J connectivity index is 2.66. The number of nitrogens with one attached hydrogen (secondary N) is 2. The summed E-state index contributed by atoms with van der Waals surface area (Å²) in [6.07, 6.45) is 1.37. The first kappa shape index (κ1) is 14.7. The molecular weight excluding hydrogens is 300 g/mol. The van der Waals surface area contributed by atoms with Gasteiger partial charge in [-0.15, -0.1) is 0 Å². The lowest BCUT2D eigenvalue weighted by atomic mass is 10.4. The third-order valence-electron chi connectivity index (χ3n) is 2.45. The summed E-state index contributed by atoms with van der Waals surface area (Å²) < 4.78 is 0.597. The van der Waals surface area contributed by atoms with Crippen molar-refractivity contribution in [1.82, 2.24) is 14.9 Å². The minimum atomic E-state index is 0.0211. The fraction of sp³-hybridized carbons (Fsp3) is 0.500. The van der Waals surface area contributed by atoms with Crippen LogP contribution >= 0.6 is 15.9 Å². The minimum absolute atomic E-state index is 0.0211. The van der Waals surface area contributed by atoms with Gasteiger partial charge in [0.1, 0.15) is 16.6 Å². The minimum Gasteiger partial charge on any atom is -0.360 e. The monoisotopic (exact) mass is 316 g/mol. The average Bonchev–Trinajstić information content (AvgIpc) is 2.39. The number of likely N-dealkylation sites (N-methyl/N-ethyl adjacent to an activating group) is 1. The first-order valence-corrected chi connectivity index (χ1v) is 6.42. The fourth-order valence-corrected chi connectivity index (χ4v) is 1.90. The van der Waals surface area contributed by atoms with Gasteiger partial charge in [0.2, 0.25) is 5.91 Å². The predicted octanol–water partition coefficient (Wildman–Crippen LogP) is 0.805. The van der Waals surface area contributed by atoms with E-state index in [9.17, 15) is 4.79 Å². The number of halogens is 1. The standard InChI is InChI=1S/C10H17BrN6O/c1-3-17(4-2)7(18)5-13-9-8(11)10(16-12)15-6-14-9/h6H,3-5,12H2,1-2H3,(H2,13,14,15,16). The Kier molecular flexibility index (Phi) is 5.79. The Morgan fingerprint density at radius 2 is 2.00 bits per heavy atom. The molecule has 8 heteroatoms. The van der Waals surface area contributed by atoms with Crippen LogP contribution in [0.25, 0.3) is 0 Å². The molecule has 0 aromatic carbocycles. The van der Waals surface area contributed by atoms with E-state index in [4.69, 9.17) is 5.84 Å². The van der Waals surface area contributed by atoms with Crippen LogP contribution in [0.1, 0.15) is 13.8 Å². The molecule has 1 heterocycles. The number of aromatic nitrogens is 2. The zero-order valence-electron chi connectivity index (χ0n) is 10.4. The third kappa shape index (κ3) is 3.54. The lowest BCUT2D eigenvalue weighted by Crippen LogP contribution is -2.35. The number of anilines is 2. The van der Waals surface area contributed by atoms with Crippen LogP contribution in [0.15, 0.2) is 10.8 Å². The van der Waals surface area contributed by atoms with Crippen molar-refractivity contribution in [2.45, 2.75) is 13.8 Å². The highest BCUT2D eigenvalue weighted by Crippen LogP contribution is 2.25. The van der Waals surface area contributed by atoms with Crippen LogP contribution in [-0.4, -0.2) is 40.4 Å². The van der Waals surface area contributed by atoms with Crippen molar-refractivity contribution in [3.63, 3.8) is 0 Å². The molecule has 0 saturated heterocycles. The van der Waals surface area contributed by atoms with Crippen LogP contribution in [0.3, 0.4) is 0 Å². The highest BCUT2D eigenvalue weighted by atomic mass is 79.9. The second-order valence-electron chi connectivity index (χ2n) is 3.45. The van der Waals surface area contributed by atoms with E-state index in [0.717, 1.165) is 0 Å². The van der Waals surface area contributed by atoms with Crippen molar-refractivity contribution in [3.05, 3.63) is 10.8 Å². The first-order chi connectivity index (χ1) is 8.63. The maximum Gasteiger partial charge on any atom is 0.241 e. The largest absolute Gasteiger partial charge is 0.360 e. The van der Waals surface area contributed by atoms with Crippen LogP contribution in [0.5, 0.6) is 0 Å². The molecule has 100 valence electrons. The first-order valence-electron chi connectivity index (χ1n) is 5.62. The quantitative estimate of drug-likeness (QED) is 0.531. The number of rotatable bonds is 6. The molecule has 7 nitrogen and oxygen atoms in total. The summed E-state index contributed by atoms with van der Waals surface area (Å²) in [5, 5.41) is 2.95. The average molecular weight is 317 g/mol. The highest BCUT2D eigenvalue weighted by molar-refractivity contribution is 9.10. The Hall–Kier alpha value is -1.41. The number of hydrogen-bond donors (Lipinski definition) is 3. The van der Waals surface area contributed by atoms with Crippen molar-refractivity contribution in [2.24, 2.45) is 5.84 Å². The van der Waals surface area contributed by atoms with Crippen molar-refractivity contribution in [2.75, 3.05) is 30.4 Å². The zero-order chi connectivity index (χ0) is 13.5. The van der Waals surface area contributed by atoms with Crippen molar-refractivity contribution < 1.29 is 4.79 Å². The van der Waals surface area contributed by atoms with Gasteiger partial charge >= 0.3 is 0 Å². The fourth-order valence-electron chi connectivity index (χ4n) is 1.44. The maximum absolute atomic E-state index is 11.8. The molecule has 0 bridgehead atoms. The number of hydrogen-bond acceptors (Lipinski definition) is 6. The van der Waals surface area contributed by atoms with Gasteiger partial charge < -0.3 is 15.6 Å². The van der Waals surface area contributed by atoms with Gasteiger partial charge in [-0.2, -0.15) is 0 Å². The lowest BCUT2D eigenvalue weighted by Gasteiger charge is -2.19. The molecule has 18 heavy (non-hydrogen) atoms. The van der Waals surface area contributed by atoms with E-state index >= 15 is 0 Å². The van der Waals surface area contributed by atoms with E-state index in [0.29, 0.717) is 29.2 Å². The van der Waals surface area contributed by atoms with Crippen LogP contribution in [0.2, 0.25) is 0 Å². The van der Waals surface area contributed by atoms with Crippen molar-refractivity contribution >= 4 is 33.5 Å². The predicted molar refractivity (Wildman–Crippen MR) is 74.0 cm³/mol. The Bertz CT molecular complexity index is 409. The lowest BCUT2D eigenvalue weighted by molar-refractivity contribution is -0.128. The van der Waals surface area contributed by atoms with Gasteiger partial charge in [0.25, 0.3) is 0 Å². The summed E-state index contributed by atoms with van der Waals surface area (Å²) >= 11 is 3.31. The van der Waals surface area contributed by atoms with Crippen LogP contribution in [0.4, 0.5) is 11.6 Å².